The first kappa shape index (κ1) is 11.1. The lowest BCUT2D eigenvalue weighted by Gasteiger charge is -2.06. The van der Waals surface area contributed by atoms with Crippen molar-refractivity contribution in [2.45, 2.75) is 52.0 Å². The highest BCUT2D eigenvalue weighted by atomic mass is 32.1. The third-order valence-electron chi connectivity index (χ3n) is 2.98. The number of aromatic nitrogens is 1. The molecule has 2 nitrogen and oxygen atoms in total. The van der Waals surface area contributed by atoms with Crippen molar-refractivity contribution in [3.8, 4) is 0 Å². The summed E-state index contributed by atoms with van der Waals surface area (Å²) in [6.45, 7) is 7.82. The SMILES string of the molecule is Cc1nc(CC2CCCN2)sc1C(C)C. The maximum absolute atomic E-state index is 4.67. The molecule has 1 aromatic rings. The Labute approximate surface area is 96.1 Å². The van der Waals surface area contributed by atoms with Crippen LogP contribution < -0.4 is 5.32 Å². The van der Waals surface area contributed by atoms with Crippen LogP contribution in [0.3, 0.4) is 0 Å². The van der Waals surface area contributed by atoms with Crippen molar-refractivity contribution >= 4 is 11.3 Å². The van der Waals surface area contributed by atoms with E-state index in [9.17, 15) is 0 Å². The Morgan fingerprint density at radius 3 is 2.87 bits per heavy atom. The Kier molecular flexibility index (Phi) is 3.42. The summed E-state index contributed by atoms with van der Waals surface area (Å²) in [5.74, 6) is 0.618. The topological polar surface area (TPSA) is 24.9 Å². The van der Waals surface area contributed by atoms with Crippen LogP contribution in [0, 0.1) is 6.92 Å². The molecule has 0 aromatic carbocycles. The van der Waals surface area contributed by atoms with Gasteiger partial charge in [0.15, 0.2) is 0 Å². The average Bonchev–Trinajstić information content (AvgIpc) is 2.75. The fraction of sp³-hybridized carbons (Fsp3) is 0.750. The highest BCUT2D eigenvalue weighted by molar-refractivity contribution is 7.11. The molecule has 1 unspecified atom stereocenters. The molecule has 15 heavy (non-hydrogen) atoms. The molecule has 1 aliphatic rings. The van der Waals surface area contributed by atoms with Crippen molar-refractivity contribution in [3.63, 3.8) is 0 Å². The van der Waals surface area contributed by atoms with E-state index >= 15 is 0 Å². The van der Waals surface area contributed by atoms with Gasteiger partial charge in [0, 0.05) is 17.3 Å². The van der Waals surface area contributed by atoms with E-state index in [0.29, 0.717) is 12.0 Å². The van der Waals surface area contributed by atoms with Crippen LogP contribution in [-0.4, -0.2) is 17.6 Å². The highest BCUT2D eigenvalue weighted by Gasteiger charge is 2.18. The second-order valence-electron chi connectivity index (χ2n) is 4.71. The van der Waals surface area contributed by atoms with Gasteiger partial charge in [-0.1, -0.05) is 13.8 Å². The Balaban J connectivity index is 2.05. The van der Waals surface area contributed by atoms with Crippen LogP contribution in [0.1, 0.15) is 48.2 Å². The Morgan fingerprint density at radius 2 is 2.33 bits per heavy atom. The molecule has 0 amide bonds. The molecule has 0 aliphatic carbocycles. The third-order valence-corrected chi connectivity index (χ3v) is 4.46. The summed E-state index contributed by atoms with van der Waals surface area (Å²) in [5.41, 5.74) is 1.24. The second-order valence-corrected chi connectivity index (χ2v) is 5.82. The number of rotatable bonds is 3. The molecule has 1 aromatic heterocycles. The first-order valence-electron chi connectivity index (χ1n) is 5.86. The summed E-state index contributed by atoms with van der Waals surface area (Å²) in [4.78, 5) is 6.13. The molecular formula is C12H20N2S. The van der Waals surface area contributed by atoms with E-state index in [4.69, 9.17) is 0 Å². The molecule has 0 spiro atoms. The zero-order valence-corrected chi connectivity index (χ0v) is 10.7. The van der Waals surface area contributed by atoms with Gasteiger partial charge in [0.2, 0.25) is 0 Å². The van der Waals surface area contributed by atoms with Crippen molar-refractivity contribution in [2.24, 2.45) is 0 Å². The fourth-order valence-electron chi connectivity index (χ4n) is 2.23. The van der Waals surface area contributed by atoms with E-state index in [1.807, 2.05) is 11.3 Å². The molecule has 1 fully saturated rings. The average molecular weight is 224 g/mol. The monoisotopic (exact) mass is 224 g/mol. The van der Waals surface area contributed by atoms with E-state index in [1.165, 1.54) is 35.0 Å². The first-order chi connectivity index (χ1) is 7.16. The molecule has 84 valence electrons. The van der Waals surface area contributed by atoms with Crippen LogP contribution in [0.4, 0.5) is 0 Å². The van der Waals surface area contributed by atoms with Crippen molar-refractivity contribution < 1.29 is 0 Å². The Hall–Kier alpha value is -0.410. The van der Waals surface area contributed by atoms with Gasteiger partial charge in [-0.25, -0.2) is 4.98 Å². The van der Waals surface area contributed by atoms with Gasteiger partial charge < -0.3 is 5.32 Å². The Morgan fingerprint density at radius 1 is 1.53 bits per heavy atom. The molecule has 2 heterocycles. The fourth-order valence-corrected chi connectivity index (χ4v) is 3.38. The van der Waals surface area contributed by atoms with E-state index < -0.39 is 0 Å². The molecular weight excluding hydrogens is 204 g/mol. The van der Waals surface area contributed by atoms with Crippen LogP contribution in [-0.2, 0) is 6.42 Å². The van der Waals surface area contributed by atoms with Crippen LogP contribution in [0.25, 0.3) is 0 Å². The van der Waals surface area contributed by atoms with Gasteiger partial charge in [-0.05, 0) is 32.2 Å². The number of nitrogens with zero attached hydrogens (tertiary/aromatic N) is 1. The molecule has 3 heteroatoms. The molecule has 0 saturated carbocycles. The number of aryl methyl sites for hydroxylation is 1. The minimum Gasteiger partial charge on any atom is -0.314 e. The molecule has 1 saturated heterocycles. The highest BCUT2D eigenvalue weighted by Crippen LogP contribution is 2.27. The summed E-state index contributed by atoms with van der Waals surface area (Å²) in [6, 6.07) is 0.676. The van der Waals surface area contributed by atoms with Gasteiger partial charge in [-0.15, -0.1) is 11.3 Å². The maximum atomic E-state index is 4.67. The minimum atomic E-state index is 0.618. The van der Waals surface area contributed by atoms with Gasteiger partial charge >= 0.3 is 0 Å². The number of nitrogens with one attached hydrogen (secondary N) is 1. The van der Waals surface area contributed by atoms with Gasteiger partial charge in [-0.2, -0.15) is 0 Å². The Bertz CT molecular complexity index is 324. The normalized spacial score (nSPS) is 21.5. The van der Waals surface area contributed by atoms with Gasteiger partial charge in [0.1, 0.15) is 0 Å². The molecule has 2 rings (SSSR count). The molecule has 0 bridgehead atoms. The van der Waals surface area contributed by atoms with Gasteiger partial charge in [0.25, 0.3) is 0 Å². The van der Waals surface area contributed by atoms with Crippen molar-refractivity contribution in [1.82, 2.24) is 10.3 Å². The first-order valence-corrected chi connectivity index (χ1v) is 6.68. The summed E-state index contributed by atoms with van der Waals surface area (Å²) in [7, 11) is 0. The van der Waals surface area contributed by atoms with E-state index in [0.717, 1.165) is 6.42 Å². The largest absolute Gasteiger partial charge is 0.314 e. The summed E-state index contributed by atoms with van der Waals surface area (Å²) >= 11 is 1.90. The summed E-state index contributed by atoms with van der Waals surface area (Å²) in [5, 5.41) is 4.85. The molecule has 1 atom stereocenters. The van der Waals surface area contributed by atoms with E-state index in [1.54, 1.807) is 0 Å². The lowest BCUT2D eigenvalue weighted by atomic mass is 10.1. The van der Waals surface area contributed by atoms with Crippen LogP contribution >= 0.6 is 11.3 Å². The standard InChI is InChI=1S/C12H20N2S/c1-8(2)12-9(3)14-11(15-12)7-10-5-4-6-13-10/h8,10,13H,4-7H2,1-3H3. The lowest BCUT2D eigenvalue weighted by Crippen LogP contribution is -2.23. The maximum Gasteiger partial charge on any atom is 0.0946 e. The van der Waals surface area contributed by atoms with E-state index in [-0.39, 0.29) is 0 Å². The van der Waals surface area contributed by atoms with Crippen LogP contribution in [0.15, 0.2) is 0 Å². The quantitative estimate of drug-likeness (QED) is 0.854. The summed E-state index contributed by atoms with van der Waals surface area (Å²) in [6.07, 6.45) is 3.76. The predicted molar refractivity (Wildman–Crippen MR) is 65.7 cm³/mol. The van der Waals surface area contributed by atoms with Gasteiger partial charge in [0.05, 0.1) is 10.7 Å². The number of thiazole rings is 1. The summed E-state index contributed by atoms with van der Waals surface area (Å²) < 4.78 is 0. The zero-order valence-electron chi connectivity index (χ0n) is 9.84. The van der Waals surface area contributed by atoms with Crippen molar-refractivity contribution in [3.05, 3.63) is 15.6 Å². The lowest BCUT2D eigenvalue weighted by molar-refractivity contribution is 0.601. The number of hydrogen-bond acceptors (Lipinski definition) is 3. The molecule has 1 N–H and O–H groups in total. The second kappa shape index (κ2) is 4.62. The number of hydrogen-bond donors (Lipinski definition) is 1. The predicted octanol–water partition coefficient (Wildman–Crippen LogP) is 2.87. The molecule has 0 radical (unpaired) electrons. The van der Waals surface area contributed by atoms with E-state index in [2.05, 4.69) is 31.1 Å². The van der Waals surface area contributed by atoms with Crippen LogP contribution in [0.2, 0.25) is 0 Å². The van der Waals surface area contributed by atoms with Crippen molar-refractivity contribution in [1.29, 1.82) is 0 Å². The van der Waals surface area contributed by atoms with Gasteiger partial charge in [-0.3, -0.25) is 0 Å². The third kappa shape index (κ3) is 2.58. The zero-order chi connectivity index (χ0) is 10.8. The molecule has 1 aliphatic heterocycles. The smallest absolute Gasteiger partial charge is 0.0946 e. The minimum absolute atomic E-state index is 0.618. The van der Waals surface area contributed by atoms with Crippen molar-refractivity contribution in [2.75, 3.05) is 6.54 Å². The van der Waals surface area contributed by atoms with Crippen LogP contribution in [0.5, 0.6) is 0 Å².